The Labute approximate surface area is 98.2 Å². The maximum atomic E-state index is 13.1. The summed E-state index contributed by atoms with van der Waals surface area (Å²) in [5.74, 6) is 0.703. The molecule has 1 aromatic rings. The molecule has 0 spiro atoms. The molecular formula is C11H14FNO2S. The quantitative estimate of drug-likeness (QED) is 0.489. The van der Waals surface area contributed by atoms with Crippen LogP contribution in [0.4, 0.5) is 10.1 Å². The van der Waals surface area contributed by atoms with Gasteiger partial charge < -0.3 is 10.5 Å². The molecule has 0 saturated heterocycles. The normalized spacial score (nSPS) is 10.1. The molecule has 0 atom stereocenters. The summed E-state index contributed by atoms with van der Waals surface area (Å²) in [6.45, 7) is 0. The minimum Gasteiger partial charge on any atom is -0.469 e. The Morgan fingerprint density at radius 2 is 2.31 bits per heavy atom. The van der Waals surface area contributed by atoms with Crippen molar-refractivity contribution in [1.29, 1.82) is 0 Å². The third-order valence-electron chi connectivity index (χ3n) is 2.01. The van der Waals surface area contributed by atoms with E-state index >= 15 is 0 Å². The van der Waals surface area contributed by atoms with Crippen LogP contribution >= 0.6 is 11.8 Å². The second-order valence-electron chi connectivity index (χ2n) is 3.23. The molecule has 0 aliphatic rings. The summed E-state index contributed by atoms with van der Waals surface area (Å²) in [6, 6.07) is 4.75. The molecule has 16 heavy (non-hydrogen) atoms. The Kier molecular flexibility index (Phi) is 5.11. The van der Waals surface area contributed by atoms with Crippen LogP contribution in [0.3, 0.4) is 0 Å². The Balaban J connectivity index is 2.32. The van der Waals surface area contributed by atoms with Gasteiger partial charge in [-0.25, -0.2) is 4.39 Å². The van der Waals surface area contributed by atoms with E-state index in [9.17, 15) is 9.18 Å². The van der Waals surface area contributed by atoms with E-state index in [0.29, 0.717) is 17.9 Å². The van der Waals surface area contributed by atoms with Crippen molar-refractivity contribution >= 4 is 23.4 Å². The van der Waals surface area contributed by atoms with E-state index in [1.165, 1.54) is 13.2 Å². The second-order valence-corrected chi connectivity index (χ2v) is 4.34. The SMILES string of the molecule is COC(=O)CCSCc1ccc(N)c(F)c1. The van der Waals surface area contributed by atoms with Gasteiger partial charge in [0.2, 0.25) is 0 Å². The van der Waals surface area contributed by atoms with E-state index in [1.807, 2.05) is 0 Å². The van der Waals surface area contributed by atoms with Crippen LogP contribution in [0.15, 0.2) is 18.2 Å². The monoisotopic (exact) mass is 243 g/mol. The Hall–Kier alpha value is -1.23. The number of carbonyl (C=O) groups excluding carboxylic acids is 1. The number of nitrogens with two attached hydrogens (primary N) is 1. The standard InChI is InChI=1S/C11H14FNO2S/c1-15-11(14)4-5-16-7-8-2-3-10(13)9(12)6-8/h2-3,6H,4-5,7,13H2,1H3. The molecule has 5 heteroatoms. The maximum absolute atomic E-state index is 13.1. The van der Waals surface area contributed by atoms with Gasteiger partial charge in [0, 0.05) is 11.5 Å². The minimum atomic E-state index is -0.397. The van der Waals surface area contributed by atoms with Crippen LogP contribution < -0.4 is 5.73 Å². The molecule has 88 valence electrons. The van der Waals surface area contributed by atoms with Gasteiger partial charge in [0.15, 0.2) is 0 Å². The van der Waals surface area contributed by atoms with Gasteiger partial charge >= 0.3 is 5.97 Å². The molecule has 3 nitrogen and oxygen atoms in total. The first-order valence-electron chi connectivity index (χ1n) is 4.82. The molecule has 0 radical (unpaired) electrons. The molecule has 0 heterocycles. The fraction of sp³-hybridized carbons (Fsp3) is 0.364. The number of hydrogen-bond acceptors (Lipinski definition) is 4. The largest absolute Gasteiger partial charge is 0.469 e. The highest BCUT2D eigenvalue weighted by molar-refractivity contribution is 7.98. The summed E-state index contributed by atoms with van der Waals surface area (Å²) in [5.41, 5.74) is 6.38. The van der Waals surface area contributed by atoms with Crippen LogP contribution in [-0.2, 0) is 15.3 Å². The summed E-state index contributed by atoms with van der Waals surface area (Å²) in [7, 11) is 1.36. The van der Waals surface area contributed by atoms with Crippen molar-refractivity contribution in [2.75, 3.05) is 18.6 Å². The van der Waals surface area contributed by atoms with Gasteiger partial charge in [-0.2, -0.15) is 11.8 Å². The van der Waals surface area contributed by atoms with Gasteiger partial charge in [-0.1, -0.05) is 6.07 Å². The number of anilines is 1. The van der Waals surface area contributed by atoms with Crippen molar-refractivity contribution in [2.45, 2.75) is 12.2 Å². The number of methoxy groups -OCH3 is 1. The van der Waals surface area contributed by atoms with Gasteiger partial charge in [-0.15, -0.1) is 0 Å². The molecule has 0 aliphatic carbocycles. The molecular weight excluding hydrogens is 229 g/mol. The number of benzene rings is 1. The zero-order valence-electron chi connectivity index (χ0n) is 9.03. The number of rotatable bonds is 5. The summed E-state index contributed by atoms with van der Waals surface area (Å²) in [5, 5.41) is 0. The zero-order valence-corrected chi connectivity index (χ0v) is 9.85. The van der Waals surface area contributed by atoms with Gasteiger partial charge in [0.1, 0.15) is 5.82 Å². The first kappa shape index (κ1) is 12.8. The summed E-state index contributed by atoms with van der Waals surface area (Å²) in [4.78, 5) is 10.8. The van der Waals surface area contributed by atoms with Crippen molar-refractivity contribution in [3.05, 3.63) is 29.6 Å². The molecule has 1 rings (SSSR count). The van der Waals surface area contributed by atoms with Gasteiger partial charge in [-0.05, 0) is 17.7 Å². The number of halogens is 1. The molecule has 0 unspecified atom stereocenters. The number of carbonyl (C=O) groups is 1. The van der Waals surface area contributed by atoms with Crippen molar-refractivity contribution in [3.63, 3.8) is 0 Å². The van der Waals surface area contributed by atoms with E-state index in [0.717, 1.165) is 5.56 Å². The average Bonchev–Trinajstić information content (AvgIpc) is 2.28. The third kappa shape index (κ3) is 4.10. The molecule has 1 aromatic carbocycles. The highest BCUT2D eigenvalue weighted by atomic mass is 32.2. The predicted molar refractivity (Wildman–Crippen MR) is 63.6 cm³/mol. The van der Waals surface area contributed by atoms with Crippen LogP contribution in [0.1, 0.15) is 12.0 Å². The van der Waals surface area contributed by atoms with Crippen LogP contribution in [0.5, 0.6) is 0 Å². The van der Waals surface area contributed by atoms with E-state index in [4.69, 9.17) is 5.73 Å². The smallest absolute Gasteiger partial charge is 0.306 e. The maximum Gasteiger partial charge on any atom is 0.306 e. The fourth-order valence-corrected chi connectivity index (χ4v) is 1.98. The third-order valence-corrected chi connectivity index (χ3v) is 3.04. The number of nitrogen functional groups attached to an aromatic ring is 1. The number of hydrogen-bond donors (Lipinski definition) is 1. The van der Waals surface area contributed by atoms with Crippen LogP contribution in [-0.4, -0.2) is 18.8 Å². The van der Waals surface area contributed by atoms with E-state index in [-0.39, 0.29) is 11.7 Å². The lowest BCUT2D eigenvalue weighted by molar-refractivity contribution is -0.140. The van der Waals surface area contributed by atoms with Crippen LogP contribution in [0.2, 0.25) is 0 Å². The summed E-state index contributed by atoms with van der Waals surface area (Å²) in [6.07, 6.45) is 0.374. The number of ether oxygens (including phenoxy) is 1. The van der Waals surface area contributed by atoms with E-state index in [2.05, 4.69) is 4.74 Å². The lowest BCUT2D eigenvalue weighted by Gasteiger charge is -2.03. The second kappa shape index (κ2) is 6.37. The number of thioether (sulfide) groups is 1. The molecule has 0 aliphatic heterocycles. The minimum absolute atomic E-state index is 0.156. The highest BCUT2D eigenvalue weighted by Gasteiger charge is 2.02. The van der Waals surface area contributed by atoms with E-state index < -0.39 is 5.82 Å². The first-order chi connectivity index (χ1) is 7.63. The van der Waals surface area contributed by atoms with Gasteiger partial charge in [0.25, 0.3) is 0 Å². The van der Waals surface area contributed by atoms with E-state index in [1.54, 1.807) is 23.9 Å². The van der Waals surface area contributed by atoms with Crippen LogP contribution in [0, 0.1) is 5.82 Å². The lowest BCUT2D eigenvalue weighted by atomic mass is 10.2. The van der Waals surface area contributed by atoms with Crippen molar-refractivity contribution in [3.8, 4) is 0 Å². The Morgan fingerprint density at radius 3 is 2.94 bits per heavy atom. The summed E-state index contributed by atoms with van der Waals surface area (Å²) >= 11 is 1.56. The predicted octanol–water partition coefficient (Wildman–Crippen LogP) is 2.20. The van der Waals surface area contributed by atoms with Crippen molar-refractivity contribution in [1.82, 2.24) is 0 Å². The molecule has 0 bridgehead atoms. The fourth-order valence-electron chi connectivity index (χ4n) is 1.11. The Bertz CT molecular complexity index is 371. The molecule has 0 aromatic heterocycles. The highest BCUT2D eigenvalue weighted by Crippen LogP contribution is 2.17. The first-order valence-corrected chi connectivity index (χ1v) is 5.97. The topological polar surface area (TPSA) is 52.3 Å². The average molecular weight is 243 g/mol. The lowest BCUT2D eigenvalue weighted by Crippen LogP contribution is -2.01. The molecule has 0 amide bonds. The van der Waals surface area contributed by atoms with Crippen LogP contribution in [0.25, 0.3) is 0 Å². The van der Waals surface area contributed by atoms with Gasteiger partial charge in [-0.3, -0.25) is 4.79 Å². The molecule has 2 N–H and O–H groups in total. The van der Waals surface area contributed by atoms with Crippen molar-refractivity contribution < 1.29 is 13.9 Å². The molecule has 0 saturated carbocycles. The summed E-state index contributed by atoms with van der Waals surface area (Å²) < 4.78 is 17.6. The zero-order chi connectivity index (χ0) is 12.0. The van der Waals surface area contributed by atoms with Crippen molar-refractivity contribution in [2.24, 2.45) is 0 Å². The molecule has 0 fully saturated rings. The Morgan fingerprint density at radius 1 is 1.56 bits per heavy atom. The van der Waals surface area contributed by atoms with Gasteiger partial charge in [0.05, 0.1) is 19.2 Å². The number of esters is 1.